The molecule has 9 heteroatoms. The largest absolute Gasteiger partial charge is 0.419 e. The van der Waals surface area contributed by atoms with Crippen molar-refractivity contribution in [2.24, 2.45) is 0 Å². The van der Waals surface area contributed by atoms with Gasteiger partial charge in [-0.3, -0.25) is 14.6 Å². The molecule has 0 spiro atoms. The predicted octanol–water partition coefficient (Wildman–Crippen LogP) is 2.83. The average Bonchev–Trinajstić information content (AvgIpc) is 3.47. The van der Waals surface area contributed by atoms with E-state index in [9.17, 15) is 4.79 Å². The fraction of sp³-hybridized carbons (Fsp3) is 0.500. The Balaban J connectivity index is 1.17. The molecule has 3 aromatic rings. The monoisotopic (exact) mass is 450 g/mol. The van der Waals surface area contributed by atoms with Crippen LogP contribution in [0.1, 0.15) is 30.9 Å². The van der Waals surface area contributed by atoms with Gasteiger partial charge in [0.2, 0.25) is 11.8 Å². The Morgan fingerprint density at radius 1 is 0.939 bits per heavy atom. The molecule has 2 aromatic heterocycles. The molecule has 4 heterocycles. The highest BCUT2D eigenvalue weighted by atomic mass is 16.5. The molecule has 0 radical (unpaired) electrons. The van der Waals surface area contributed by atoms with Crippen molar-refractivity contribution in [1.82, 2.24) is 30.1 Å². The van der Waals surface area contributed by atoms with Crippen molar-refractivity contribution in [2.45, 2.75) is 32.7 Å². The number of piperidine rings is 1. The first-order chi connectivity index (χ1) is 16.2. The number of hydrogen-bond acceptors (Lipinski definition) is 8. The van der Waals surface area contributed by atoms with Gasteiger partial charge < -0.3 is 13.8 Å². The lowest BCUT2D eigenvalue weighted by Crippen LogP contribution is -2.50. The van der Waals surface area contributed by atoms with E-state index in [0.717, 1.165) is 63.2 Å². The SMILES string of the molecule is Cc1onc(-c2ccccc2)c1-c1nnc(CN2CCN(CC(=O)N3CCCCC3)CC2)o1. The van der Waals surface area contributed by atoms with Gasteiger partial charge in [0.05, 0.1) is 13.1 Å². The Morgan fingerprint density at radius 3 is 2.42 bits per heavy atom. The predicted molar refractivity (Wildman–Crippen MR) is 122 cm³/mol. The Hall–Kier alpha value is -3.04. The third-order valence-corrected chi connectivity index (χ3v) is 6.48. The van der Waals surface area contributed by atoms with Gasteiger partial charge in [-0.25, -0.2) is 0 Å². The number of hydrogen-bond donors (Lipinski definition) is 0. The lowest BCUT2D eigenvalue weighted by molar-refractivity contribution is -0.133. The van der Waals surface area contributed by atoms with Gasteiger partial charge in [-0.1, -0.05) is 35.5 Å². The molecular formula is C24H30N6O3. The van der Waals surface area contributed by atoms with E-state index in [1.54, 1.807) is 0 Å². The molecule has 33 heavy (non-hydrogen) atoms. The summed E-state index contributed by atoms with van der Waals surface area (Å²) in [4.78, 5) is 19.1. The highest BCUT2D eigenvalue weighted by molar-refractivity contribution is 5.78. The molecule has 0 N–H and O–H groups in total. The summed E-state index contributed by atoms with van der Waals surface area (Å²) in [6, 6.07) is 9.84. The van der Waals surface area contributed by atoms with Gasteiger partial charge in [0.15, 0.2) is 0 Å². The summed E-state index contributed by atoms with van der Waals surface area (Å²) < 4.78 is 11.4. The number of carbonyl (C=O) groups excluding carboxylic acids is 1. The Bertz CT molecular complexity index is 1070. The van der Waals surface area contributed by atoms with Crippen molar-refractivity contribution in [3.63, 3.8) is 0 Å². The maximum Gasteiger partial charge on any atom is 0.253 e. The molecule has 9 nitrogen and oxygen atoms in total. The standard InChI is InChI=1S/C24H30N6O3/c1-18-22(23(27-33-18)19-8-4-2-5-9-19)24-26-25-20(32-24)16-28-12-14-29(15-13-28)17-21(31)30-10-6-3-7-11-30/h2,4-5,8-9H,3,6-7,10-17H2,1H3. The second kappa shape index (κ2) is 9.84. The molecule has 1 amide bonds. The summed E-state index contributed by atoms with van der Waals surface area (Å²) in [5, 5.41) is 12.7. The summed E-state index contributed by atoms with van der Waals surface area (Å²) >= 11 is 0. The number of amides is 1. The van der Waals surface area contributed by atoms with Crippen LogP contribution in [0, 0.1) is 6.92 Å². The molecular weight excluding hydrogens is 420 g/mol. The quantitative estimate of drug-likeness (QED) is 0.566. The van der Waals surface area contributed by atoms with Crippen molar-refractivity contribution < 1.29 is 13.7 Å². The van der Waals surface area contributed by atoms with Crippen molar-refractivity contribution in [2.75, 3.05) is 45.8 Å². The van der Waals surface area contributed by atoms with Crippen molar-refractivity contribution in [1.29, 1.82) is 0 Å². The topological polar surface area (TPSA) is 91.7 Å². The molecule has 0 aliphatic carbocycles. The molecule has 174 valence electrons. The van der Waals surface area contributed by atoms with E-state index in [0.29, 0.717) is 36.3 Å². The number of benzene rings is 1. The van der Waals surface area contributed by atoms with Gasteiger partial charge in [-0.05, 0) is 26.2 Å². The fourth-order valence-corrected chi connectivity index (χ4v) is 4.57. The molecule has 0 saturated carbocycles. The number of piperazine rings is 1. The maximum atomic E-state index is 12.5. The Morgan fingerprint density at radius 2 is 1.67 bits per heavy atom. The number of carbonyl (C=O) groups is 1. The molecule has 0 bridgehead atoms. The van der Waals surface area contributed by atoms with E-state index in [-0.39, 0.29) is 5.91 Å². The fourth-order valence-electron chi connectivity index (χ4n) is 4.57. The van der Waals surface area contributed by atoms with Crippen LogP contribution in [-0.2, 0) is 11.3 Å². The zero-order valence-electron chi connectivity index (χ0n) is 19.1. The van der Waals surface area contributed by atoms with Gasteiger partial charge >= 0.3 is 0 Å². The number of rotatable bonds is 6. The van der Waals surface area contributed by atoms with Crippen LogP contribution < -0.4 is 0 Å². The highest BCUT2D eigenvalue weighted by Crippen LogP contribution is 2.33. The van der Waals surface area contributed by atoms with E-state index in [4.69, 9.17) is 8.94 Å². The minimum absolute atomic E-state index is 0.267. The smallest absolute Gasteiger partial charge is 0.253 e. The summed E-state index contributed by atoms with van der Waals surface area (Å²) in [5.74, 6) is 1.91. The average molecular weight is 451 g/mol. The van der Waals surface area contributed by atoms with Gasteiger partial charge in [-0.15, -0.1) is 10.2 Å². The summed E-state index contributed by atoms with van der Waals surface area (Å²) in [6.07, 6.45) is 3.50. The molecule has 1 aromatic carbocycles. The number of nitrogens with zero attached hydrogens (tertiary/aromatic N) is 6. The zero-order chi connectivity index (χ0) is 22.6. The van der Waals surface area contributed by atoms with Crippen LogP contribution in [0.15, 0.2) is 39.3 Å². The highest BCUT2D eigenvalue weighted by Gasteiger charge is 2.25. The van der Waals surface area contributed by atoms with E-state index >= 15 is 0 Å². The van der Waals surface area contributed by atoms with Crippen molar-refractivity contribution in [3.8, 4) is 22.7 Å². The molecule has 2 saturated heterocycles. The molecule has 0 atom stereocenters. The van der Waals surface area contributed by atoms with Gasteiger partial charge in [-0.2, -0.15) is 0 Å². The first kappa shape index (κ1) is 21.8. The second-order valence-electron chi connectivity index (χ2n) is 8.82. The van der Waals surface area contributed by atoms with Crippen LogP contribution >= 0.6 is 0 Å². The molecule has 2 fully saturated rings. The first-order valence-corrected chi connectivity index (χ1v) is 11.7. The molecule has 2 aliphatic heterocycles. The van der Waals surface area contributed by atoms with Crippen LogP contribution in [0.3, 0.4) is 0 Å². The van der Waals surface area contributed by atoms with Crippen molar-refractivity contribution >= 4 is 5.91 Å². The lowest BCUT2D eigenvalue weighted by Gasteiger charge is -2.35. The first-order valence-electron chi connectivity index (χ1n) is 11.7. The van der Waals surface area contributed by atoms with Crippen LogP contribution in [0.2, 0.25) is 0 Å². The number of aryl methyl sites for hydroxylation is 1. The minimum Gasteiger partial charge on any atom is -0.419 e. The van der Waals surface area contributed by atoms with E-state index in [1.165, 1.54) is 6.42 Å². The van der Waals surface area contributed by atoms with Gasteiger partial charge in [0.1, 0.15) is 17.0 Å². The number of aromatic nitrogens is 3. The Labute approximate surface area is 193 Å². The summed E-state index contributed by atoms with van der Waals surface area (Å²) in [5.41, 5.74) is 2.38. The van der Waals surface area contributed by atoms with Gasteiger partial charge in [0.25, 0.3) is 5.89 Å². The normalized spacial score (nSPS) is 18.0. The second-order valence-corrected chi connectivity index (χ2v) is 8.82. The third kappa shape index (κ3) is 4.99. The van der Waals surface area contributed by atoms with Crippen LogP contribution in [0.25, 0.3) is 22.7 Å². The van der Waals surface area contributed by atoms with Crippen LogP contribution in [0.5, 0.6) is 0 Å². The van der Waals surface area contributed by atoms with E-state index in [1.807, 2.05) is 42.2 Å². The Kier molecular flexibility index (Phi) is 6.50. The third-order valence-electron chi connectivity index (χ3n) is 6.48. The molecule has 2 aliphatic rings. The zero-order valence-corrected chi connectivity index (χ0v) is 19.1. The molecule has 5 rings (SSSR count). The molecule has 0 unspecified atom stereocenters. The number of likely N-dealkylation sites (tertiary alicyclic amines) is 1. The van der Waals surface area contributed by atoms with Crippen LogP contribution in [-0.4, -0.2) is 81.8 Å². The summed E-state index contributed by atoms with van der Waals surface area (Å²) in [6.45, 7) is 8.25. The van der Waals surface area contributed by atoms with Gasteiger partial charge in [0, 0.05) is 44.8 Å². The lowest BCUT2D eigenvalue weighted by atomic mass is 10.1. The maximum absolute atomic E-state index is 12.5. The van der Waals surface area contributed by atoms with E-state index < -0.39 is 0 Å². The minimum atomic E-state index is 0.267. The summed E-state index contributed by atoms with van der Waals surface area (Å²) in [7, 11) is 0. The van der Waals surface area contributed by atoms with Crippen LogP contribution in [0.4, 0.5) is 0 Å². The van der Waals surface area contributed by atoms with Crippen molar-refractivity contribution in [3.05, 3.63) is 42.0 Å². The van der Waals surface area contributed by atoms with E-state index in [2.05, 4.69) is 25.2 Å².